The second kappa shape index (κ2) is 6.24. The van der Waals surface area contributed by atoms with E-state index in [1.54, 1.807) is 0 Å². The van der Waals surface area contributed by atoms with Gasteiger partial charge in [-0.1, -0.05) is 48.0 Å². The minimum atomic E-state index is 0.492. The van der Waals surface area contributed by atoms with Crippen LogP contribution in [-0.4, -0.2) is 17.5 Å². The van der Waals surface area contributed by atoms with Crippen LogP contribution in [-0.2, 0) is 4.74 Å². The van der Waals surface area contributed by atoms with Gasteiger partial charge in [0, 0.05) is 11.4 Å². The van der Waals surface area contributed by atoms with Crippen LogP contribution >= 0.6 is 15.9 Å². The van der Waals surface area contributed by atoms with Gasteiger partial charge >= 0.3 is 0 Å². The first-order chi connectivity index (χ1) is 7.36. The van der Waals surface area contributed by atoms with Crippen molar-refractivity contribution in [2.45, 2.75) is 68.7 Å². The highest BCUT2D eigenvalue weighted by atomic mass is 79.9. The molecular formula is C13H23BrO. The van der Waals surface area contributed by atoms with E-state index in [9.17, 15) is 0 Å². The van der Waals surface area contributed by atoms with Crippen molar-refractivity contribution in [3.63, 3.8) is 0 Å². The summed E-state index contributed by atoms with van der Waals surface area (Å²) in [4.78, 5) is 0.612. The molecule has 0 N–H and O–H groups in total. The Morgan fingerprint density at radius 1 is 1.00 bits per heavy atom. The molecule has 0 aromatic rings. The van der Waals surface area contributed by atoms with Crippen molar-refractivity contribution < 1.29 is 4.74 Å². The van der Waals surface area contributed by atoms with Gasteiger partial charge in [0.25, 0.3) is 0 Å². The number of hydrogen-bond donors (Lipinski definition) is 0. The molecule has 0 bridgehead atoms. The lowest BCUT2D eigenvalue weighted by Gasteiger charge is -2.20. The van der Waals surface area contributed by atoms with E-state index in [-0.39, 0.29) is 0 Å². The molecule has 0 aliphatic heterocycles. The van der Waals surface area contributed by atoms with E-state index in [2.05, 4.69) is 15.9 Å². The molecule has 2 saturated carbocycles. The second-order valence-electron chi connectivity index (χ2n) is 5.15. The molecule has 0 spiro atoms. The average molecular weight is 275 g/mol. The smallest absolute Gasteiger partial charge is 0.0700 e. The van der Waals surface area contributed by atoms with Crippen molar-refractivity contribution in [2.24, 2.45) is 5.92 Å². The molecule has 0 heterocycles. The van der Waals surface area contributed by atoms with Crippen LogP contribution in [0.4, 0.5) is 0 Å². The summed E-state index contributed by atoms with van der Waals surface area (Å²) in [5.41, 5.74) is 0. The Morgan fingerprint density at radius 3 is 2.60 bits per heavy atom. The standard InChI is InChI=1S/C13H23BrO/c14-12-6-2-1-3-7-13(12)15-10-4-5-11-8-9-11/h11-13H,1-10H2. The van der Waals surface area contributed by atoms with E-state index < -0.39 is 0 Å². The fourth-order valence-electron chi connectivity index (χ4n) is 2.43. The van der Waals surface area contributed by atoms with Crippen molar-refractivity contribution in [3.8, 4) is 0 Å². The zero-order valence-electron chi connectivity index (χ0n) is 9.59. The lowest BCUT2D eigenvalue weighted by Crippen LogP contribution is -2.23. The largest absolute Gasteiger partial charge is 0.377 e. The molecule has 0 aromatic heterocycles. The first-order valence-electron chi connectivity index (χ1n) is 6.62. The summed E-state index contributed by atoms with van der Waals surface area (Å²) in [5.74, 6) is 1.06. The number of ether oxygens (including phenoxy) is 1. The zero-order chi connectivity index (χ0) is 10.5. The molecule has 2 aliphatic carbocycles. The number of alkyl halides is 1. The van der Waals surface area contributed by atoms with Gasteiger partial charge in [0.1, 0.15) is 0 Å². The molecule has 2 unspecified atom stereocenters. The van der Waals surface area contributed by atoms with Gasteiger partial charge in [0.05, 0.1) is 6.10 Å². The van der Waals surface area contributed by atoms with Crippen LogP contribution in [0.2, 0.25) is 0 Å². The predicted octanol–water partition coefficient (Wildman–Crippen LogP) is 4.29. The van der Waals surface area contributed by atoms with E-state index in [1.807, 2.05) is 0 Å². The number of halogens is 1. The topological polar surface area (TPSA) is 9.23 Å². The first-order valence-corrected chi connectivity index (χ1v) is 7.53. The van der Waals surface area contributed by atoms with E-state index in [1.165, 1.54) is 57.8 Å². The normalized spacial score (nSPS) is 32.6. The van der Waals surface area contributed by atoms with Crippen LogP contribution in [0.3, 0.4) is 0 Å². The maximum absolute atomic E-state index is 6.01. The van der Waals surface area contributed by atoms with Gasteiger partial charge in [-0.15, -0.1) is 0 Å². The fourth-order valence-corrected chi connectivity index (χ4v) is 3.17. The van der Waals surface area contributed by atoms with Gasteiger partial charge in [0.15, 0.2) is 0 Å². The zero-order valence-corrected chi connectivity index (χ0v) is 11.2. The third-order valence-corrected chi connectivity index (χ3v) is 4.71. The average Bonchev–Trinajstić information content (AvgIpc) is 3.03. The first kappa shape index (κ1) is 11.9. The molecule has 0 saturated heterocycles. The van der Waals surface area contributed by atoms with Gasteiger partial charge in [0.2, 0.25) is 0 Å². The van der Waals surface area contributed by atoms with Crippen LogP contribution in [0.15, 0.2) is 0 Å². The van der Waals surface area contributed by atoms with Gasteiger partial charge in [-0.2, -0.15) is 0 Å². The molecule has 15 heavy (non-hydrogen) atoms. The Hall–Kier alpha value is 0.440. The third-order valence-electron chi connectivity index (χ3n) is 3.66. The van der Waals surface area contributed by atoms with Crippen molar-refractivity contribution in [1.82, 2.24) is 0 Å². The van der Waals surface area contributed by atoms with Crippen molar-refractivity contribution in [1.29, 1.82) is 0 Å². The number of rotatable bonds is 5. The van der Waals surface area contributed by atoms with E-state index in [4.69, 9.17) is 4.74 Å². The fraction of sp³-hybridized carbons (Fsp3) is 1.00. The minimum Gasteiger partial charge on any atom is -0.377 e. The maximum Gasteiger partial charge on any atom is 0.0700 e. The molecule has 2 heteroatoms. The van der Waals surface area contributed by atoms with Crippen LogP contribution in [0.1, 0.15) is 57.8 Å². The molecule has 0 amide bonds. The SMILES string of the molecule is BrC1CCCCCC1OCCCC1CC1. The Labute approximate surface area is 102 Å². The van der Waals surface area contributed by atoms with Crippen LogP contribution in [0, 0.1) is 5.92 Å². The summed E-state index contributed by atoms with van der Waals surface area (Å²) in [6.45, 7) is 0.989. The molecule has 0 aromatic carbocycles. The van der Waals surface area contributed by atoms with E-state index >= 15 is 0 Å². The molecule has 2 fully saturated rings. The monoisotopic (exact) mass is 274 g/mol. The summed E-state index contributed by atoms with van der Waals surface area (Å²) in [6, 6.07) is 0. The summed E-state index contributed by atoms with van der Waals surface area (Å²) in [5, 5.41) is 0. The summed E-state index contributed by atoms with van der Waals surface area (Å²) < 4.78 is 6.01. The van der Waals surface area contributed by atoms with Crippen molar-refractivity contribution >= 4 is 15.9 Å². The molecular weight excluding hydrogens is 252 g/mol. The van der Waals surface area contributed by atoms with Gasteiger partial charge < -0.3 is 4.74 Å². The van der Waals surface area contributed by atoms with E-state index in [0.717, 1.165) is 12.5 Å². The molecule has 2 aliphatic rings. The van der Waals surface area contributed by atoms with Crippen molar-refractivity contribution in [3.05, 3.63) is 0 Å². The van der Waals surface area contributed by atoms with E-state index in [0.29, 0.717) is 10.9 Å². The summed E-state index contributed by atoms with van der Waals surface area (Å²) in [7, 11) is 0. The summed E-state index contributed by atoms with van der Waals surface area (Å²) >= 11 is 3.77. The number of hydrogen-bond acceptors (Lipinski definition) is 1. The van der Waals surface area contributed by atoms with Crippen molar-refractivity contribution in [2.75, 3.05) is 6.61 Å². The summed E-state index contributed by atoms with van der Waals surface area (Å²) in [6.07, 6.45) is 12.8. The molecule has 1 nitrogen and oxygen atoms in total. The highest BCUT2D eigenvalue weighted by Gasteiger charge is 2.23. The Bertz CT molecular complexity index is 179. The predicted molar refractivity (Wildman–Crippen MR) is 67.5 cm³/mol. The lowest BCUT2D eigenvalue weighted by molar-refractivity contribution is 0.0455. The van der Waals surface area contributed by atoms with Crippen LogP contribution < -0.4 is 0 Å². The third kappa shape index (κ3) is 4.44. The maximum atomic E-state index is 6.01. The minimum absolute atomic E-state index is 0.492. The Kier molecular flexibility index (Phi) is 4.96. The second-order valence-corrected chi connectivity index (χ2v) is 6.32. The van der Waals surface area contributed by atoms with Gasteiger partial charge in [-0.05, 0) is 31.6 Å². The molecule has 2 atom stereocenters. The van der Waals surface area contributed by atoms with Crippen LogP contribution in [0.5, 0.6) is 0 Å². The lowest BCUT2D eigenvalue weighted by atomic mass is 10.1. The highest BCUT2D eigenvalue weighted by molar-refractivity contribution is 9.09. The Balaban J connectivity index is 1.58. The molecule has 0 radical (unpaired) electrons. The van der Waals surface area contributed by atoms with Gasteiger partial charge in [-0.3, -0.25) is 0 Å². The Morgan fingerprint density at radius 2 is 1.80 bits per heavy atom. The van der Waals surface area contributed by atoms with Crippen LogP contribution in [0.25, 0.3) is 0 Å². The van der Waals surface area contributed by atoms with Gasteiger partial charge in [-0.25, -0.2) is 0 Å². The highest BCUT2D eigenvalue weighted by Crippen LogP contribution is 2.33. The molecule has 88 valence electrons. The quantitative estimate of drug-likeness (QED) is 0.413. The molecule has 2 rings (SSSR count).